The molecular formula is C11H10ClNO. The van der Waals surface area contributed by atoms with Crippen LogP contribution in [0.15, 0.2) is 18.2 Å². The number of hydrogen-bond acceptors (Lipinski definition) is 2. The van der Waals surface area contributed by atoms with Gasteiger partial charge >= 0.3 is 0 Å². The van der Waals surface area contributed by atoms with Crippen LogP contribution in [-0.4, -0.2) is 5.56 Å². The van der Waals surface area contributed by atoms with E-state index in [4.69, 9.17) is 21.6 Å². The Hall–Kier alpha value is -1.20. The molecule has 1 aliphatic heterocycles. The molecule has 72 valence electrons. The standard InChI is InChI=1S/C11H10ClNO/c1-11(2)8-5-7(6-13)3-4-9(8)14-10(11)12/h3-5,10H,1-2H3. The van der Waals surface area contributed by atoms with Crippen LogP contribution < -0.4 is 4.74 Å². The minimum absolute atomic E-state index is 0.232. The monoisotopic (exact) mass is 207 g/mol. The van der Waals surface area contributed by atoms with E-state index in [9.17, 15) is 0 Å². The van der Waals surface area contributed by atoms with Crippen molar-refractivity contribution in [1.82, 2.24) is 0 Å². The summed E-state index contributed by atoms with van der Waals surface area (Å²) in [6.07, 6.45) is 0. The van der Waals surface area contributed by atoms with Crippen molar-refractivity contribution in [2.45, 2.75) is 24.8 Å². The van der Waals surface area contributed by atoms with E-state index < -0.39 is 0 Å². The Morgan fingerprint density at radius 3 is 2.86 bits per heavy atom. The van der Waals surface area contributed by atoms with Crippen LogP contribution in [0.25, 0.3) is 0 Å². The lowest BCUT2D eigenvalue weighted by molar-refractivity contribution is 0.247. The Kier molecular flexibility index (Phi) is 1.94. The fraction of sp³-hybridized carbons (Fsp3) is 0.364. The number of rotatable bonds is 0. The van der Waals surface area contributed by atoms with Crippen LogP contribution in [0.1, 0.15) is 25.0 Å². The van der Waals surface area contributed by atoms with Crippen molar-refractivity contribution < 1.29 is 4.74 Å². The lowest BCUT2D eigenvalue weighted by Crippen LogP contribution is -2.26. The normalized spacial score (nSPS) is 22.3. The fourth-order valence-electron chi connectivity index (χ4n) is 1.59. The fourth-order valence-corrected chi connectivity index (χ4v) is 1.80. The molecule has 0 aromatic heterocycles. The molecular weight excluding hydrogens is 198 g/mol. The van der Waals surface area contributed by atoms with Crippen molar-refractivity contribution in [3.63, 3.8) is 0 Å². The lowest BCUT2D eigenvalue weighted by atomic mass is 9.86. The van der Waals surface area contributed by atoms with Crippen molar-refractivity contribution >= 4 is 11.6 Å². The van der Waals surface area contributed by atoms with Crippen LogP contribution in [-0.2, 0) is 5.41 Å². The first kappa shape index (κ1) is 9.36. The summed E-state index contributed by atoms with van der Waals surface area (Å²) in [4.78, 5) is 0. The summed E-state index contributed by atoms with van der Waals surface area (Å²) in [5.74, 6) is 0.786. The number of hydrogen-bond donors (Lipinski definition) is 0. The minimum Gasteiger partial charge on any atom is -0.473 e. The largest absolute Gasteiger partial charge is 0.473 e. The molecule has 0 aliphatic carbocycles. The molecule has 0 amide bonds. The molecule has 1 aromatic carbocycles. The molecule has 1 aliphatic rings. The van der Waals surface area contributed by atoms with Gasteiger partial charge in [-0.2, -0.15) is 5.26 Å². The summed E-state index contributed by atoms with van der Waals surface area (Å²) in [5.41, 5.74) is 1.07. The number of alkyl halides is 1. The lowest BCUT2D eigenvalue weighted by Gasteiger charge is -2.20. The SMILES string of the molecule is CC1(C)c2cc(C#N)ccc2OC1Cl. The zero-order chi connectivity index (χ0) is 10.3. The number of nitriles is 1. The van der Waals surface area contributed by atoms with Gasteiger partial charge in [-0.1, -0.05) is 25.4 Å². The Morgan fingerprint density at radius 2 is 2.21 bits per heavy atom. The highest BCUT2D eigenvalue weighted by Crippen LogP contribution is 2.44. The second kappa shape index (κ2) is 2.90. The van der Waals surface area contributed by atoms with Crippen molar-refractivity contribution in [2.75, 3.05) is 0 Å². The van der Waals surface area contributed by atoms with E-state index in [1.54, 1.807) is 12.1 Å². The molecule has 0 radical (unpaired) electrons. The van der Waals surface area contributed by atoms with Crippen LogP contribution in [0.5, 0.6) is 5.75 Å². The van der Waals surface area contributed by atoms with E-state index in [2.05, 4.69) is 6.07 Å². The second-order valence-electron chi connectivity index (χ2n) is 3.98. The molecule has 0 bridgehead atoms. The van der Waals surface area contributed by atoms with Crippen LogP contribution >= 0.6 is 11.6 Å². The minimum atomic E-state index is -0.355. The summed E-state index contributed by atoms with van der Waals surface area (Å²) in [6, 6.07) is 7.50. The molecule has 0 spiro atoms. The summed E-state index contributed by atoms with van der Waals surface area (Å²) in [5, 5.41) is 8.78. The molecule has 0 saturated carbocycles. The van der Waals surface area contributed by atoms with Gasteiger partial charge in [0.2, 0.25) is 0 Å². The van der Waals surface area contributed by atoms with Gasteiger partial charge < -0.3 is 4.74 Å². The smallest absolute Gasteiger partial charge is 0.181 e. The number of fused-ring (bicyclic) bond motifs is 1. The third kappa shape index (κ3) is 1.17. The predicted molar refractivity (Wildman–Crippen MR) is 54.5 cm³/mol. The quantitative estimate of drug-likeness (QED) is 0.613. The van der Waals surface area contributed by atoms with Crippen molar-refractivity contribution in [2.24, 2.45) is 0 Å². The van der Waals surface area contributed by atoms with Crippen LogP contribution in [0.2, 0.25) is 0 Å². The van der Waals surface area contributed by atoms with E-state index in [0.717, 1.165) is 11.3 Å². The summed E-state index contributed by atoms with van der Waals surface area (Å²) >= 11 is 6.06. The van der Waals surface area contributed by atoms with Crippen molar-refractivity contribution in [3.8, 4) is 11.8 Å². The predicted octanol–water partition coefficient (Wildman–Crippen LogP) is 2.79. The maximum Gasteiger partial charge on any atom is 0.181 e. The molecule has 3 heteroatoms. The first-order valence-electron chi connectivity index (χ1n) is 4.41. The molecule has 2 rings (SSSR count). The van der Waals surface area contributed by atoms with Crippen LogP contribution in [0.3, 0.4) is 0 Å². The average molecular weight is 208 g/mol. The Bertz CT molecular complexity index is 420. The molecule has 1 unspecified atom stereocenters. The third-order valence-electron chi connectivity index (χ3n) is 2.60. The van der Waals surface area contributed by atoms with Crippen LogP contribution in [0, 0.1) is 11.3 Å². The number of ether oxygens (including phenoxy) is 1. The number of nitrogens with zero attached hydrogens (tertiary/aromatic N) is 1. The highest BCUT2D eigenvalue weighted by atomic mass is 35.5. The second-order valence-corrected chi connectivity index (χ2v) is 4.37. The molecule has 14 heavy (non-hydrogen) atoms. The molecule has 1 heterocycles. The molecule has 2 nitrogen and oxygen atoms in total. The third-order valence-corrected chi connectivity index (χ3v) is 3.24. The number of benzene rings is 1. The highest BCUT2D eigenvalue weighted by molar-refractivity contribution is 6.21. The van der Waals surface area contributed by atoms with E-state index >= 15 is 0 Å². The van der Waals surface area contributed by atoms with E-state index in [0.29, 0.717) is 5.56 Å². The summed E-state index contributed by atoms with van der Waals surface area (Å²) in [6.45, 7) is 4.02. The van der Waals surface area contributed by atoms with Gasteiger partial charge in [0.05, 0.1) is 11.6 Å². The molecule has 0 saturated heterocycles. The van der Waals surface area contributed by atoms with Gasteiger partial charge in [0.25, 0.3) is 0 Å². The molecule has 0 N–H and O–H groups in total. The summed E-state index contributed by atoms with van der Waals surface area (Å²) < 4.78 is 5.48. The highest BCUT2D eigenvalue weighted by Gasteiger charge is 2.40. The number of halogens is 1. The van der Waals surface area contributed by atoms with Crippen LogP contribution in [0.4, 0.5) is 0 Å². The van der Waals surface area contributed by atoms with Crippen molar-refractivity contribution in [1.29, 1.82) is 5.26 Å². The van der Waals surface area contributed by atoms with Crippen molar-refractivity contribution in [3.05, 3.63) is 29.3 Å². The molecule has 0 fully saturated rings. The van der Waals surface area contributed by atoms with Gasteiger partial charge in [0, 0.05) is 11.0 Å². The van der Waals surface area contributed by atoms with Gasteiger partial charge in [0.15, 0.2) is 5.56 Å². The topological polar surface area (TPSA) is 33.0 Å². The summed E-state index contributed by atoms with van der Waals surface area (Å²) in [7, 11) is 0. The Morgan fingerprint density at radius 1 is 1.50 bits per heavy atom. The van der Waals surface area contributed by atoms with Gasteiger partial charge in [-0.05, 0) is 18.2 Å². The zero-order valence-corrected chi connectivity index (χ0v) is 8.80. The molecule has 1 atom stereocenters. The molecule has 1 aromatic rings. The van der Waals surface area contributed by atoms with E-state index in [-0.39, 0.29) is 11.0 Å². The Labute approximate surface area is 88.1 Å². The first-order chi connectivity index (χ1) is 6.55. The Balaban J connectivity index is 2.58. The average Bonchev–Trinajstić information content (AvgIpc) is 2.38. The van der Waals surface area contributed by atoms with Gasteiger partial charge in [-0.25, -0.2) is 0 Å². The van der Waals surface area contributed by atoms with Gasteiger partial charge in [-0.3, -0.25) is 0 Å². The van der Waals surface area contributed by atoms with E-state index in [1.807, 2.05) is 19.9 Å². The maximum atomic E-state index is 8.78. The zero-order valence-electron chi connectivity index (χ0n) is 8.04. The first-order valence-corrected chi connectivity index (χ1v) is 4.84. The van der Waals surface area contributed by atoms with E-state index in [1.165, 1.54) is 0 Å². The van der Waals surface area contributed by atoms with Gasteiger partial charge in [0.1, 0.15) is 5.75 Å². The maximum absolute atomic E-state index is 8.78. The van der Waals surface area contributed by atoms with Gasteiger partial charge in [-0.15, -0.1) is 0 Å².